The topological polar surface area (TPSA) is 0 Å². The molecule has 0 nitrogen and oxygen atoms in total. The van der Waals surface area contributed by atoms with E-state index in [1.165, 1.54) is 21.2 Å². The van der Waals surface area contributed by atoms with Crippen molar-refractivity contribution in [3.8, 4) is 0 Å². The number of hydrogen-bond donors (Lipinski definition) is 0. The first-order valence-electron chi connectivity index (χ1n) is 5.02. The van der Waals surface area contributed by atoms with Gasteiger partial charge in [0.05, 0.1) is 0 Å². The molecule has 0 unspecified atom stereocenters. The van der Waals surface area contributed by atoms with Crippen molar-refractivity contribution < 1.29 is 0 Å². The molecule has 0 N–H and O–H groups in total. The fourth-order valence-electron chi connectivity index (χ4n) is 1.54. The van der Waals surface area contributed by atoms with Crippen molar-refractivity contribution in [1.82, 2.24) is 0 Å². The maximum Gasteiger partial charge on any atom is 0.0228 e. The Morgan fingerprint density at radius 2 is 1.87 bits per heavy atom. The molecular formula is C14H14S. The van der Waals surface area contributed by atoms with Gasteiger partial charge in [-0.1, -0.05) is 49.0 Å². The predicted octanol–water partition coefficient (Wildman–Crippen LogP) is 4.61. The standard InChI is InChI=1S/C14H14S/c1-11(2)15-10-12-7-8-13-5-3-4-6-14(13)9-12/h3-9H,1,10H2,2H3. The summed E-state index contributed by atoms with van der Waals surface area (Å²) in [7, 11) is 0. The van der Waals surface area contributed by atoms with E-state index in [1.807, 2.05) is 6.92 Å². The van der Waals surface area contributed by atoms with E-state index in [0.717, 1.165) is 5.75 Å². The zero-order valence-electron chi connectivity index (χ0n) is 8.86. The van der Waals surface area contributed by atoms with Gasteiger partial charge in [-0.05, 0) is 28.2 Å². The van der Waals surface area contributed by atoms with Gasteiger partial charge in [0.2, 0.25) is 0 Å². The molecule has 2 rings (SSSR count). The van der Waals surface area contributed by atoms with Crippen molar-refractivity contribution in [3.05, 3.63) is 59.5 Å². The lowest BCUT2D eigenvalue weighted by Gasteiger charge is -2.03. The monoisotopic (exact) mass is 214 g/mol. The van der Waals surface area contributed by atoms with Crippen LogP contribution in [-0.4, -0.2) is 0 Å². The summed E-state index contributed by atoms with van der Waals surface area (Å²) in [6.45, 7) is 5.94. The lowest BCUT2D eigenvalue weighted by Crippen LogP contribution is -1.80. The molecule has 0 aliphatic carbocycles. The number of thioether (sulfide) groups is 1. The van der Waals surface area contributed by atoms with Crippen LogP contribution in [0.3, 0.4) is 0 Å². The number of allylic oxidation sites excluding steroid dienone is 1. The Bertz CT molecular complexity index is 485. The first-order chi connectivity index (χ1) is 7.25. The van der Waals surface area contributed by atoms with Crippen molar-refractivity contribution in [2.45, 2.75) is 12.7 Å². The van der Waals surface area contributed by atoms with Crippen LogP contribution in [-0.2, 0) is 5.75 Å². The van der Waals surface area contributed by atoms with Crippen molar-refractivity contribution in [2.24, 2.45) is 0 Å². The van der Waals surface area contributed by atoms with E-state index in [0.29, 0.717) is 0 Å². The Morgan fingerprint density at radius 1 is 1.13 bits per heavy atom. The number of fused-ring (bicyclic) bond motifs is 1. The molecule has 2 aromatic rings. The second-order valence-electron chi connectivity index (χ2n) is 3.67. The highest BCUT2D eigenvalue weighted by Crippen LogP contribution is 2.22. The predicted molar refractivity (Wildman–Crippen MR) is 70.1 cm³/mol. The van der Waals surface area contributed by atoms with Gasteiger partial charge in [-0.3, -0.25) is 0 Å². The van der Waals surface area contributed by atoms with E-state index >= 15 is 0 Å². The average molecular weight is 214 g/mol. The zero-order valence-corrected chi connectivity index (χ0v) is 9.68. The van der Waals surface area contributed by atoms with E-state index < -0.39 is 0 Å². The van der Waals surface area contributed by atoms with Crippen LogP contribution in [0.1, 0.15) is 12.5 Å². The fourth-order valence-corrected chi connectivity index (χ4v) is 2.13. The molecule has 0 spiro atoms. The summed E-state index contributed by atoms with van der Waals surface area (Å²) in [5.41, 5.74) is 1.36. The van der Waals surface area contributed by atoms with E-state index in [1.54, 1.807) is 11.8 Å². The normalized spacial score (nSPS) is 10.5. The van der Waals surface area contributed by atoms with Crippen LogP contribution in [0.4, 0.5) is 0 Å². The Hall–Kier alpha value is -1.21. The van der Waals surface area contributed by atoms with Gasteiger partial charge in [0, 0.05) is 5.75 Å². The minimum absolute atomic E-state index is 1.01. The van der Waals surface area contributed by atoms with E-state index in [-0.39, 0.29) is 0 Å². The first-order valence-corrected chi connectivity index (χ1v) is 6.00. The van der Waals surface area contributed by atoms with Gasteiger partial charge in [-0.2, -0.15) is 0 Å². The molecular weight excluding hydrogens is 200 g/mol. The molecule has 0 saturated heterocycles. The summed E-state index contributed by atoms with van der Waals surface area (Å²) in [6, 6.07) is 15.1. The van der Waals surface area contributed by atoms with Crippen molar-refractivity contribution in [2.75, 3.05) is 0 Å². The van der Waals surface area contributed by atoms with Crippen molar-refractivity contribution >= 4 is 22.5 Å². The molecule has 0 saturated carbocycles. The maximum atomic E-state index is 3.90. The van der Waals surface area contributed by atoms with E-state index in [4.69, 9.17) is 0 Å². The van der Waals surface area contributed by atoms with Gasteiger partial charge in [0.15, 0.2) is 0 Å². The fraction of sp³-hybridized carbons (Fsp3) is 0.143. The van der Waals surface area contributed by atoms with Gasteiger partial charge in [-0.15, -0.1) is 11.8 Å². The highest BCUT2D eigenvalue weighted by Gasteiger charge is 1.96. The molecule has 0 aromatic heterocycles. The molecule has 0 fully saturated rings. The molecule has 1 heteroatoms. The van der Waals surface area contributed by atoms with Crippen LogP contribution < -0.4 is 0 Å². The third kappa shape index (κ3) is 2.63. The third-order valence-corrected chi connectivity index (χ3v) is 3.27. The lowest BCUT2D eigenvalue weighted by atomic mass is 10.1. The summed E-state index contributed by atoms with van der Waals surface area (Å²) < 4.78 is 0. The van der Waals surface area contributed by atoms with Crippen molar-refractivity contribution in [3.63, 3.8) is 0 Å². The number of benzene rings is 2. The SMILES string of the molecule is C=C(C)SCc1ccc2ccccc2c1. The summed E-state index contributed by atoms with van der Waals surface area (Å²) in [5, 5.41) is 2.62. The van der Waals surface area contributed by atoms with Crippen LogP contribution in [0.15, 0.2) is 53.9 Å². The second-order valence-corrected chi connectivity index (χ2v) is 4.95. The molecule has 0 amide bonds. The largest absolute Gasteiger partial charge is 0.127 e. The van der Waals surface area contributed by atoms with Crippen LogP contribution in [0.5, 0.6) is 0 Å². The molecule has 2 aromatic carbocycles. The van der Waals surface area contributed by atoms with Gasteiger partial charge < -0.3 is 0 Å². The maximum absolute atomic E-state index is 3.90. The Balaban J connectivity index is 2.26. The lowest BCUT2D eigenvalue weighted by molar-refractivity contribution is 1.44. The average Bonchev–Trinajstić information content (AvgIpc) is 2.26. The molecule has 0 heterocycles. The second kappa shape index (κ2) is 4.54. The molecule has 0 radical (unpaired) electrons. The van der Waals surface area contributed by atoms with Crippen LogP contribution in [0.25, 0.3) is 10.8 Å². The van der Waals surface area contributed by atoms with Crippen LogP contribution >= 0.6 is 11.8 Å². The molecule has 0 atom stereocenters. The van der Waals surface area contributed by atoms with Crippen LogP contribution in [0.2, 0.25) is 0 Å². The molecule has 0 bridgehead atoms. The highest BCUT2D eigenvalue weighted by atomic mass is 32.2. The minimum Gasteiger partial charge on any atom is -0.127 e. The highest BCUT2D eigenvalue weighted by molar-refractivity contribution is 8.02. The summed E-state index contributed by atoms with van der Waals surface area (Å²) in [5.74, 6) is 1.01. The number of hydrogen-bond acceptors (Lipinski definition) is 1. The smallest absolute Gasteiger partial charge is 0.0228 e. The summed E-state index contributed by atoms with van der Waals surface area (Å²) in [4.78, 5) is 1.17. The van der Waals surface area contributed by atoms with Gasteiger partial charge >= 0.3 is 0 Å². The summed E-state index contributed by atoms with van der Waals surface area (Å²) in [6.07, 6.45) is 0. The Labute approximate surface area is 95.0 Å². The van der Waals surface area contributed by atoms with Crippen LogP contribution in [0, 0.1) is 0 Å². The summed E-state index contributed by atoms with van der Waals surface area (Å²) >= 11 is 1.80. The van der Waals surface area contributed by atoms with Gasteiger partial charge in [0.25, 0.3) is 0 Å². The van der Waals surface area contributed by atoms with E-state index in [9.17, 15) is 0 Å². The van der Waals surface area contributed by atoms with E-state index in [2.05, 4.69) is 49.0 Å². The van der Waals surface area contributed by atoms with Crippen molar-refractivity contribution in [1.29, 1.82) is 0 Å². The minimum atomic E-state index is 1.01. The Kier molecular flexibility index (Phi) is 3.12. The molecule has 76 valence electrons. The molecule has 0 aliphatic rings. The number of rotatable bonds is 3. The third-order valence-electron chi connectivity index (χ3n) is 2.30. The molecule has 0 aliphatic heterocycles. The van der Waals surface area contributed by atoms with Gasteiger partial charge in [0.1, 0.15) is 0 Å². The van der Waals surface area contributed by atoms with Gasteiger partial charge in [-0.25, -0.2) is 0 Å². The quantitative estimate of drug-likeness (QED) is 0.719. The molecule has 15 heavy (non-hydrogen) atoms. The Morgan fingerprint density at radius 3 is 2.60 bits per heavy atom. The first kappa shape index (κ1) is 10.3. The zero-order chi connectivity index (χ0) is 10.7.